The van der Waals surface area contributed by atoms with Crippen molar-refractivity contribution in [2.75, 3.05) is 22.9 Å². The molecule has 5 rings (SSSR count). The summed E-state index contributed by atoms with van der Waals surface area (Å²) in [6.45, 7) is 1.51. The van der Waals surface area contributed by atoms with E-state index in [0.717, 1.165) is 31.0 Å². The van der Waals surface area contributed by atoms with E-state index in [0.29, 0.717) is 17.0 Å². The van der Waals surface area contributed by atoms with Crippen LogP contribution in [0.3, 0.4) is 0 Å². The zero-order valence-electron chi connectivity index (χ0n) is 13.8. The van der Waals surface area contributed by atoms with Crippen LogP contribution in [0.2, 0.25) is 0 Å². The number of fused-ring (bicyclic) bond motifs is 3. The van der Waals surface area contributed by atoms with E-state index in [9.17, 15) is 9.18 Å². The molecule has 1 amide bonds. The number of para-hydroxylation sites is 1. The Morgan fingerprint density at radius 2 is 1.92 bits per heavy atom. The van der Waals surface area contributed by atoms with Gasteiger partial charge in [0.1, 0.15) is 5.52 Å². The highest BCUT2D eigenvalue weighted by atomic mass is 19.1. The molecule has 1 aromatic carbocycles. The van der Waals surface area contributed by atoms with Gasteiger partial charge in [0.25, 0.3) is 5.91 Å². The summed E-state index contributed by atoms with van der Waals surface area (Å²) in [6, 6.07) is 5.85. The molecule has 2 saturated heterocycles. The lowest BCUT2D eigenvalue weighted by Gasteiger charge is -2.33. The molecule has 0 aliphatic carbocycles. The van der Waals surface area contributed by atoms with E-state index in [1.807, 2.05) is 6.07 Å². The first kappa shape index (κ1) is 15.1. The van der Waals surface area contributed by atoms with E-state index >= 15 is 0 Å². The number of aromatic amines is 1. The number of anilines is 2. The lowest BCUT2D eigenvalue weighted by atomic mass is 10.2. The number of hydrogen-bond acceptors (Lipinski definition) is 6. The molecule has 4 heterocycles. The van der Waals surface area contributed by atoms with Gasteiger partial charge in [-0.15, -0.1) is 0 Å². The van der Waals surface area contributed by atoms with Crippen molar-refractivity contribution < 1.29 is 9.18 Å². The Morgan fingerprint density at radius 3 is 2.62 bits per heavy atom. The third kappa shape index (κ3) is 2.20. The van der Waals surface area contributed by atoms with E-state index in [4.69, 9.17) is 5.73 Å². The molecule has 2 bridgehead atoms. The molecule has 2 aromatic heterocycles. The number of benzene rings is 1. The lowest BCUT2D eigenvalue weighted by molar-refractivity contribution is 0.100. The summed E-state index contributed by atoms with van der Waals surface area (Å²) in [7, 11) is 0. The molecule has 26 heavy (non-hydrogen) atoms. The number of rotatable bonds is 3. The fourth-order valence-corrected chi connectivity index (χ4v) is 3.98. The van der Waals surface area contributed by atoms with Crippen LogP contribution in [0.4, 0.5) is 16.3 Å². The number of imidazole rings is 1. The van der Waals surface area contributed by atoms with Crippen LogP contribution >= 0.6 is 0 Å². The third-order valence-corrected chi connectivity index (χ3v) is 5.14. The fraction of sp³-hybridized carbons (Fsp3) is 0.294. The first-order chi connectivity index (χ1) is 12.6. The monoisotopic (exact) mass is 353 g/mol. The van der Waals surface area contributed by atoms with Gasteiger partial charge in [-0.25, -0.2) is 19.3 Å². The minimum absolute atomic E-state index is 0.245. The normalized spacial score (nSPS) is 21.7. The average Bonchev–Trinajstić information content (AvgIpc) is 3.34. The number of nitrogens with two attached hydrogens (primary N) is 1. The van der Waals surface area contributed by atoms with E-state index < -0.39 is 11.7 Å². The van der Waals surface area contributed by atoms with Gasteiger partial charge >= 0.3 is 0 Å². The third-order valence-electron chi connectivity index (χ3n) is 5.14. The highest BCUT2D eigenvalue weighted by molar-refractivity contribution is 6.04. The zero-order valence-corrected chi connectivity index (χ0v) is 13.8. The van der Waals surface area contributed by atoms with Gasteiger partial charge in [0, 0.05) is 13.1 Å². The first-order valence-electron chi connectivity index (χ1n) is 8.39. The number of primary amides is 1. The summed E-state index contributed by atoms with van der Waals surface area (Å²) < 4.78 is 13.0. The lowest BCUT2D eigenvalue weighted by Crippen LogP contribution is -2.47. The summed E-state index contributed by atoms with van der Waals surface area (Å²) in [4.78, 5) is 32.0. The minimum Gasteiger partial charge on any atom is -0.366 e. The maximum atomic E-state index is 13.0. The van der Waals surface area contributed by atoms with Crippen LogP contribution in [0.15, 0.2) is 30.6 Å². The number of nitrogens with one attached hydrogen (secondary N) is 1. The second-order valence-corrected chi connectivity index (χ2v) is 6.68. The van der Waals surface area contributed by atoms with Crippen molar-refractivity contribution in [1.82, 2.24) is 19.9 Å². The van der Waals surface area contributed by atoms with Crippen molar-refractivity contribution in [2.45, 2.75) is 18.5 Å². The SMILES string of the molecule is NC(=O)c1cccc2[nH]c(N3C[C@@H]4C[C@H]3CN4c3ncc(F)cn3)nc12. The maximum Gasteiger partial charge on any atom is 0.250 e. The number of piperazine rings is 1. The smallest absolute Gasteiger partial charge is 0.250 e. The summed E-state index contributed by atoms with van der Waals surface area (Å²) in [6.07, 6.45) is 3.34. The molecule has 2 atom stereocenters. The predicted molar refractivity (Wildman–Crippen MR) is 93.5 cm³/mol. The van der Waals surface area contributed by atoms with Crippen LogP contribution in [0.1, 0.15) is 16.8 Å². The Morgan fingerprint density at radius 1 is 1.19 bits per heavy atom. The van der Waals surface area contributed by atoms with E-state index in [1.54, 1.807) is 12.1 Å². The van der Waals surface area contributed by atoms with Gasteiger partial charge in [0.15, 0.2) is 5.82 Å². The molecule has 2 aliphatic rings. The number of aromatic nitrogens is 4. The van der Waals surface area contributed by atoms with Crippen molar-refractivity contribution in [3.05, 3.63) is 42.0 Å². The highest BCUT2D eigenvalue weighted by Gasteiger charge is 2.45. The molecular weight excluding hydrogens is 337 g/mol. The summed E-state index contributed by atoms with van der Waals surface area (Å²) >= 11 is 0. The van der Waals surface area contributed by atoms with Crippen molar-refractivity contribution in [3.8, 4) is 0 Å². The average molecular weight is 353 g/mol. The highest BCUT2D eigenvalue weighted by Crippen LogP contribution is 2.35. The molecule has 0 radical (unpaired) electrons. The molecule has 3 aromatic rings. The molecular formula is C17H16FN7O. The molecule has 132 valence electrons. The molecule has 0 saturated carbocycles. The van der Waals surface area contributed by atoms with Crippen molar-refractivity contribution in [2.24, 2.45) is 5.73 Å². The van der Waals surface area contributed by atoms with Gasteiger partial charge in [-0.3, -0.25) is 4.79 Å². The number of H-pyrrole nitrogens is 1. The summed E-state index contributed by atoms with van der Waals surface area (Å²) in [5.74, 6) is 0.364. The number of hydrogen-bond donors (Lipinski definition) is 2. The molecule has 3 N–H and O–H groups in total. The zero-order chi connectivity index (χ0) is 17.8. The second-order valence-electron chi connectivity index (χ2n) is 6.68. The first-order valence-corrected chi connectivity index (χ1v) is 8.39. The van der Waals surface area contributed by atoms with E-state index in [1.165, 1.54) is 12.4 Å². The van der Waals surface area contributed by atoms with Gasteiger partial charge in [-0.05, 0) is 18.6 Å². The molecule has 0 spiro atoms. The molecule has 0 unspecified atom stereocenters. The van der Waals surface area contributed by atoms with E-state index in [-0.39, 0.29) is 12.1 Å². The quantitative estimate of drug-likeness (QED) is 0.730. The number of nitrogens with zero attached hydrogens (tertiary/aromatic N) is 5. The van der Waals surface area contributed by atoms with Gasteiger partial charge in [0.2, 0.25) is 11.9 Å². The molecule has 9 heteroatoms. The summed E-state index contributed by atoms with van der Waals surface area (Å²) in [5, 5.41) is 0. The van der Waals surface area contributed by atoms with Crippen molar-refractivity contribution in [3.63, 3.8) is 0 Å². The maximum absolute atomic E-state index is 13.0. The number of carbonyl (C=O) groups excluding carboxylic acids is 1. The van der Waals surface area contributed by atoms with Gasteiger partial charge in [-0.2, -0.15) is 0 Å². The Bertz CT molecular complexity index is 1000. The van der Waals surface area contributed by atoms with Crippen LogP contribution < -0.4 is 15.5 Å². The Hall–Kier alpha value is -3.23. The van der Waals surface area contributed by atoms with Crippen LogP contribution in [0.25, 0.3) is 11.0 Å². The van der Waals surface area contributed by atoms with Crippen LogP contribution in [0, 0.1) is 5.82 Å². The topological polar surface area (TPSA) is 104 Å². The summed E-state index contributed by atoms with van der Waals surface area (Å²) in [5.41, 5.74) is 7.24. The largest absolute Gasteiger partial charge is 0.366 e. The van der Waals surface area contributed by atoms with Crippen molar-refractivity contribution >= 4 is 28.8 Å². The molecule has 8 nitrogen and oxygen atoms in total. The standard InChI is InChI=1S/C17H16FN7O/c18-9-5-20-16(21-6-9)24-7-11-4-10(24)8-25(11)17-22-13-3-1-2-12(15(19)26)14(13)23-17/h1-3,5-6,10-11H,4,7-8H2,(H2,19,26)(H,22,23)/t10-,11-/m0/s1. The van der Waals surface area contributed by atoms with Gasteiger partial charge in [0.05, 0.1) is 35.6 Å². The minimum atomic E-state index is -0.490. The fourth-order valence-electron chi connectivity index (χ4n) is 3.98. The van der Waals surface area contributed by atoms with Crippen LogP contribution in [0.5, 0.6) is 0 Å². The molecule has 2 aliphatic heterocycles. The van der Waals surface area contributed by atoms with Crippen LogP contribution in [-0.2, 0) is 0 Å². The van der Waals surface area contributed by atoms with E-state index in [2.05, 4.69) is 29.7 Å². The van der Waals surface area contributed by atoms with Gasteiger partial charge in [-0.1, -0.05) is 6.07 Å². The number of amides is 1. The Kier molecular flexibility index (Phi) is 3.12. The second kappa shape index (κ2) is 5.38. The number of carbonyl (C=O) groups is 1. The van der Waals surface area contributed by atoms with Crippen molar-refractivity contribution in [1.29, 1.82) is 0 Å². The molecule has 2 fully saturated rings. The van der Waals surface area contributed by atoms with Crippen LogP contribution in [-0.4, -0.2) is 51.0 Å². The van der Waals surface area contributed by atoms with Gasteiger partial charge < -0.3 is 20.5 Å². The predicted octanol–water partition coefficient (Wildman–Crippen LogP) is 1.06. The number of halogens is 1. The Balaban J connectivity index is 1.42. The Labute approximate surface area is 147 Å².